The molecule has 0 aliphatic rings. The number of fused-ring (bicyclic) bond motifs is 1. The van der Waals surface area contributed by atoms with Crippen molar-refractivity contribution in [3.05, 3.63) is 40.9 Å². The predicted octanol–water partition coefficient (Wildman–Crippen LogP) is 1.73. The molecule has 0 spiro atoms. The van der Waals surface area contributed by atoms with Crippen molar-refractivity contribution < 1.29 is 18.6 Å². The molecule has 0 aliphatic carbocycles. The van der Waals surface area contributed by atoms with Crippen LogP contribution in [0, 0.1) is 0 Å². The molecule has 4 nitrogen and oxygen atoms in total. The summed E-state index contributed by atoms with van der Waals surface area (Å²) in [6.45, 7) is -0.576. The highest BCUT2D eigenvalue weighted by Crippen LogP contribution is 2.30. The lowest BCUT2D eigenvalue weighted by Crippen LogP contribution is -2.24. The summed E-state index contributed by atoms with van der Waals surface area (Å²) >= 11 is 3.38. The molecule has 0 fully saturated rings. The monoisotopic (exact) mass is 344 g/mol. The van der Waals surface area contributed by atoms with Crippen molar-refractivity contribution in [1.29, 1.82) is 0 Å². The van der Waals surface area contributed by atoms with E-state index in [0.717, 1.165) is 9.86 Å². The molecular formula is C13H13BrO4S. The molecule has 6 heteroatoms. The van der Waals surface area contributed by atoms with E-state index < -0.39 is 28.3 Å². The second kappa shape index (κ2) is 5.58. The van der Waals surface area contributed by atoms with Crippen LogP contribution < -0.4 is 0 Å². The van der Waals surface area contributed by atoms with Gasteiger partial charge < -0.3 is 10.2 Å². The molecule has 2 aromatic rings. The normalized spacial score (nSPS) is 13.6. The standard InChI is InChI=1S/C13H13BrO4S/c14-12-5-6-13(11-4-2-1-3-10(11)12)19(17,18)8-9(16)7-15/h1-6,9,15-16H,7-8H2. The van der Waals surface area contributed by atoms with Crippen molar-refractivity contribution in [1.82, 2.24) is 0 Å². The predicted molar refractivity (Wildman–Crippen MR) is 76.8 cm³/mol. The third kappa shape index (κ3) is 2.97. The second-order valence-electron chi connectivity index (χ2n) is 4.21. The number of aliphatic hydroxyl groups excluding tert-OH is 2. The van der Waals surface area contributed by atoms with Crippen LogP contribution in [-0.4, -0.2) is 37.1 Å². The van der Waals surface area contributed by atoms with Gasteiger partial charge in [-0.25, -0.2) is 8.42 Å². The van der Waals surface area contributed by atoms with Crippen LogP contribution in [0.15, 0.2) is 45.8 Å². The summed E-state index contributed by atoms with van der Waals surface area (Å²) < 4.78 is 25.3. The molecule has 2 N–H and O–H groups in total. The Bertz CT molecular complexity index is 697. The van der Waals surface area contributed by atoms with Crippen molar-refractivity contribution in [3.63, 3.8) is 0 Å². The molecule has 1 atom stereocenters. The minimum atomic E-state index is -3.65. The molecule has 0 saturated carbocycles. The van der Waals surface area contributed by atoms with Crippen molar-refractivity contribution in [3.8, 4) is 0 Å². The van der Waals surface area contributed by atoms with E-state index in [1.807, 2.05) is 12.1 Å². The first-order valence-electron chi connectivity index (χ1n) is 5.64. The average Bonchev–Trinajstić information content (AvgIpc) is 2.38. The number of hydrogen-bond acceptors (Lipinski definition) is 4. The van der Waals surface area contributed by atoms with Gasteiger partial charge in [-0.3, -0.25) is 0 Å². The number of rotatable bonds is 4. The van der Waals surface area contributed by atoms with E-state index in [-0.39, 0.29) is 4.90 Å². The number of aliphatic hydroxyl groups is 2. The molecule has 19 heavy (non-hydrogen) atoms. The zero-order chi connectivity index (χ0) is 14.0. The fourth-order valence-corrected chi connectivity index (χ4v) is 3.96. The van der Waals surface area contributed by atoms with Crippen molar-refractivity contribution in [2.45, 2.75) is 11.0 Å². The highest BCUT2D eigenvalue weighted by molar-refractivity contribution is 9.10. The van der Waals surface area contributed by atoms with Gasteiger partial charge in [-0.1, -0.05) is 40.2 Å². The smallest absolute Gasteiger partial charge is 0.181 e. The van der Waals surface area contributed by atoms with E-state index in [9.17, 15) is 13.5 Å². The highest BCUT2D eigenvalue weighted by Gasteiger charge is 2.21. The number of hydrogen-bond donors (Lipinski definition) is 2. The first-order chi connectivity index (χ1) is 8.95. The Labute approximate surface area is 119 Å². The Morgan fingerprint density at radius 1 is 1.11 bits per heavy atom. The molecule has 2 rings (SSSR count). The van der Waals surface area contributed by atoms with Crippen molar-refractivity contribution in [2.24, 2.45) is 0 Å². The molecule has 102 valence electrons. The maximum Gasteiger partial charge on any atom is 0.181 e. The van der Waals surface area contributed by atoms with Gasteiger partial charge in [-0.05, 0) is 17.5 Å². The summed E-state index contributed by atoms with van der Waals surface area (Å²) in [7, 11) is -3.65. The summed E-state index contributed by atoms with van der Waals surface area (Å²) in [6.07, 6.45) is -1.27. The van der Waals surface area contributed by atoms with Gasteiger partial charge in [0.2, 0.25) is 0 Å². The Balaban J connectivity index is 2.60. The van der Waals surface area contributed by atoms with Gasteiger partial charge in [0.05, 0.1) is 23.4 Å². The maximum atomic E-state index is 12.2. The maximum absolute atomic E-state index is 12.2. The summed E-state index contributed by atoms with van der Waals surface area (Å²) in [5.41, 5.74) is 0. The van der Waals surface area contributed by atoms with E-state index in [2.05, 4.69) is 15.9 Å². The lowest BCUT2D eigenvalue weighted by Gasteiger charge is -2.11. The van der Waals surface area contributed by atoms with Gasteiger partial charge >= 0.3 is 0 Å². The Kier molecular flexibility index (Phi) is 4.25. The molecule has 0 radical (unpaired) electrons. The number of sulfone groups is 1. The molecule has 0 saturated heterocycles. The molecule has 2 aromatic carbocycles. The fraction of sp³-hybridized carbons (Fsp3) is 0.231. The quantitative estimate of drug-likeness (QED) is 0.885. The molecule has 0 aromatic heterocycles. The Morgan fingerprint density at radius 3 is 2.37 bits per heavy atom. The topological polar surface area (TPSA) is 74.6 Å². The van der Waals surface area contributed by atoms with Gasteiger partial charge in [0.15, 0.2) is 9.84 Å². The SMILES string of the molecule is O=S(=O)(CC(O)CO)c1ccc(Br)c2ccccc12. The summed E-state index contributed by atoms with van der Waals surface area (Å²) in [4.78, 5) is 0.166. The first kappa shape index (κ1) is 14.5. The summed E-state index contributed by atoms with van der Waals surface area (Å²) in [5, 5.41) is 19.5. The van der Waals surface area contributed by atoms with Crippen LogP contribution in [0.3, 0.4) is 0 Å². The number of halogens is 1. The Hall–Kier alpha value is -0.950. The van der Waals surface area contributed by atoms with E-state index in [4.69, 9.17) is 5.11 Å². The number of benzene rings is 2. The Morgan fingerprint density at radius 2 is 1.74 bits per heavy atom. The van der Waals surface area contributed by atoms with Gasteiger partial charge in [0.25, 0.3) is 0 Å². The summed E-state index contributed by atoms with van der Waals surface area (Å²) in [5.74, 6) is -0.491. The lowest BCUT2D eigenvalue weighted by atomic mass is 10.1. The van der Waals surface area contributed by atoms with E-state index in [0.29, 0.717) is 5.39 Å². The molecule has 0 aliphatic heterocycles. The largest absolute Gasteiger partial charge is 0.394 e. The second-order valence-corrected chi connectivity index (χ2v) is 7.07. The first-order valence-corrected chi connectivity index (χ1v) is 8.09. The molecule has 0 heterocycles. The van der Waals surface area contributed by atoms with Crippen LogP contribution >= 0.6 is 15.9 Å². The van der Waals surface area contributed by atoms with Crippen molar-refractivity contribution in [2.75, 3.05) is 12.4 Å². The van der Waals surface area contributed by atoms with Gasteiger partial charge in [0, 0.05) is 9.86 Å². The minimum Gasteiger partial charge on any atom is -0.394 e. The zero-order valence-electron chi connectivity index (χ0n) is 9.95. The minimum absolute atomic E-state index is 0.166. The molecule has 0 amide bonds. The highest BCUT2D eigenvalue weighted by atomic mass is 79.9. The van der Waals surface area contributed by atoms with Gasteiger partial charge in [-0.2, -0.15) is 0 Å². The van der Waals surface area contributed by atoms with Crippen LogP contribution in [0.1, 0.15) is 0 Å². The van der Waals surface area contributed by atoms with Crippen LogP contribution in [0.25, 0.3) is 10.8 Å². The van der Waals surface area contributed by atoms with Crippen LogP contribution in [-0.2, 0) is 9.84 Å². The van der Waals surface area contributed by atoms with Crippen LogP contribution in [0.2, 0.25) is 0 Å². The third-order valence-corrected chi connectivity index (χ3v) is 5.33. The van der Waals surface area contributed by atoms with Gasteiger partial charge in [0.1, 0.15) is 0 Å². The summed E-state index contributed by atoms with van der Waals surface area (Å²) in [6, 6.07) is 10.3. The van der Waals surface area contributed by atoms with Crippen molar-refractivity contribution >= 4 is 36.5 Å². The fourth-order valence-electron chi connectivity index (χ4n) is 1.90. The van der Waals surface area contributed by atoms with E-state index in [1.165, 1.54) is 6.07 Å². The van der Waals surface area contributed by atoms with E-state index >= 15 is 0 Å². The lowest BCUT2D eigenvalue weighted by molar-refractivity contribution is 0.112. The molecular weight excluding hydrogens is 332 g/mol. The molecule has 0 bridgehead atoms. The van der Waals surface area contributed by atoms with Crippen LogP contribution in [0.4, 0.5) is 0 Å². The molecule has 1 unspecified atom stereocenters. The zero-order valence-corrected chi connectivity index (χ0v) is 12.4. The average molecular weight is 345 g/mol. The van der Waals surface area contributed by atoms with Crippen LogP contribution in [0.5, 0.6) is 0 Å². The van der Waals surface area contributed by atoms with E-state index in [1.54, 1.807) is 18.2 Å². The van der Waals surface area contributed by atoms with Gasteiger partial charge in [-0.15, -0.1) is 0 Å². The third-order valence-electron chi connectivity index (χ3n) is 2.79.